The van der Waals surface area contributed by atoms with Gasteiger partial charge in [0.2, 0.25) is 17.5 Å². The fraction of sp³-hybridized carbons (Fsp3) is 0.458. The second-order valence-corrected chi connectivity index (χ2v) is 8.83. The number of carbonyl (C=O) groups is 2. The minimum atomic E-state index is -2.51. The third-order valence-electron chi connectivity index (χ3n) is 6.08. The van der Waals surface area contributed by atoms with Gasteiger partial charge < -0.3 is 19.9 Å². The van der Waals surface area contributed by atoms with Gasteiger partial charge in [-0.3, -0.25) is 14.7 Å². The van der Waals surface area contributed by atoms with E-state index in [1.165, 1.54) is 10.9 Å². The normalized spacial score (nSPS) is 23.7. The predicted octanol–water partition coefficient (Wildman–Crippen LogP) is 2.70. The number of hydrogen-bond acceptors (Lipinski definition) is 9. The average Bonchev–Trinajstić information content (AvgIpc) is 3.42. The summed E-state index contributed by atoms with van der Waals surface area (Å²) in [6, 6.07) is 8.20. The molecule has 1 unspecified atom stereocenters. The Morgan fingerprint density at radius 2 is 2.00 bits per heavy atom. The van der Waals surface area contributed by atoms with Gasteiger partial charge in [-0.1, -0.05) is 39.0 Å². The van der Waals surface area contributed by atoms with Crippen LogP contribution in [-0.2, 0) is 14.3 Å². The number of halogens is 1. The number of carbonyl (C=O) groups excluding carboxylic acids is 2. The van der Waals surface area contributed by atoms with Crippen molar-refractivity contribution in [2.24, 2.45) is 5.92 Å². The molecule has 0 spiro atoms. The maximum absolute atomic E-state index is 16.5. The molecular weight excluding hydrogens is 471 g/mol. The van der Waals surface area contributed by atoms with E-state index < -0.39 is 36.7 Å². The lowest BCUT2D eigenvalue weighted by Crippen LogP contribution is -2.48. The Morgan fingerprint density at radius 3 is 2.61 bits per heavy atom. The Bertz CT molecular complexity index is 1250. The zero-order valence-electron chi connectivity index (χ0n) is 20.4. The number of amides is 1. The van der Waals surface area contributed by atoms with Crippen LogP contribution in [0.15, 0.2) is 36.7 Å². The summed E-state index contributed by atoms with van der Waals surface area (Å²) in [5.74, 6) is -1.04. The van der Waals surface area contributed by atoms with Crippen LogP contribution in [0.3, 0.4) is 0 Å². The van der Waals surface area contributed by atoms with E-state index in [2.05, 4.69) is 25.6 Å². The van der Waals surface area contributed by atoms with E-state index in [9.17, 15) is 14.7 Å². The number of nitrogens with zero attached hydrogens (tertiary/aromatic N) is 4. The molecule has 12 heteroatoms. The number of alkyl halides is 1. The van der Waals surface area contributed by atoms with Crippen LogP contribution < -0.4 is 10.6 Å². The number of anilines is 2. The summed E-state index contributed by atoms with van der Waals surface area (Å²) in [5.41, 5.74) is -1.79. The third kappa shape index (κ3) is 4.49. The van der Waals surface area contributed by atoms with Gasteiger partial charge in [-0.05, 0) is 18.6 Å². The molecule has 3 aromatic rings. The topological polar surface area (TPSA) is 140 Å². The first kappa shape index (κ1) is 25.5. The average molecular weight is 501 g/mol. The lowest BCUT2D eigenvalue weighted by atomic mass is 9.95. The molecule has 1 saturated heterocycles. The molecule has 1 aromatic carbocycles. The van der Waals surface area contributed by atoms with Crippen LogP contribution in [0.25, 0.3) is 11.2 Å². The molecule has 2 aromatic heterocycles. The number of aliphatic hydroxyl groups is 1. The van der Waals surface area contributed by atoms with Crippen molar-refractivity contribution >= 4 is 34.8 Å². The summed E-state index contributed by atoms with van der Waals surface area (Å²) in [5, 5.41) is 15.7. The van der Waals surface area contributed by atoms with Crippen LogP contribution in [0.2, 0.25) is 0 Å². The van der Waals surface area contributed by atoms with E-state index >= 15 is 4.39 Å². The van der Waals surface area contributed by atoms with Crippen molar-refractivity contribution in [1.29, 1.82) is 0 Å². The number of nitrogens with one attached hydrogen (secondary N) is 2. The van der Waals surface area contributed by atoms with Gasteiger partial charge in [-0.2, -0.15) is 9.97 Å². The first-order chi connectivity index (χ1) is 17.2. The van der Waals surface area contributed by atoms with Crippen LogP contribution in [0.4, 0.5) is 16.2 Å². The second kappa shape index (κ2) is 10.2. The summed E-state index contributed by atoms with van der Waals surface area (Å²) >= 11 is 0. The molecule has 0 bridgehead atoms. The molecule has 1 amide bonds. The van der Waals surface area contributed by atoms with Gasteiger partial charge in [0.25, 0.3) is 0 Å². The summed E-state index contributed by atoms with van der Waals surface area (Å²) < 4.78 is 29.4. The first-order valence-corrected chi connectivity index (χ1v) is 11.7. The van der Waals surface area contributed by atoms with Crippen molar-refractivity contribution in [3.63, 3.8) is 0 Å². The van der Waals surface area contributed by atoms with Crippen molar-refractivity contribution in [1.82, 2.24) is 19.5 Å². The highest BCUT2D eigenvalue weighted by Crippen LogP contribution is 2.45. The molecule has 0 aliphatic carbocycles. The van der Waals surface area contributed by atoms with E-state index in [0.717, 1.165) is 0 Å². The molecule has 0 radical (unpaired) electrons. The minimum Gasteiger partial charge on any atom is -0.452 e. The smallest absolute Gasteiger partial charge is 0.338 e. The highest BCUT2D eigenvalue weighted by Gasteiger charge is 2.60. The molecule has 192 valence electrons. The third-order valence-corrected chi connectivity index (χ3v) is 6.08. The summed E-state index contributed by atoms with van der Waals surface area (Å²) in [6.07, 6.45) is -2.03. The molecule has 11 nitrogen and oxygen atoms in total. The molecule has 4 rings (SSSR count). The maximum Gasteiger partial charge on any atom is 0.338 e. The fourth-order valence-corrected chi connectivity index (χ4v) is 4.08. The zero-order chi connectivity index (χ0) is 26.0. The van der Waals surface area contributed by atoms with Gasteiger partial charge in [0.05, 0.1) is 18.5 Å². The highest BCUT2D eigenvalue weighted by molar-refractivity contribution is 5.92. The van der Waals surface area contributed by atoms with Crippen LogP contribution in [0.5, 0.6) is 0 Å². The number of imidazole rings is 1. The van der Waals surface area contributed by atoms with E-state index in [0.29, 0.717) is 17.8 Å². The van der Waals surface area contributed by atoms with Crippen LogP contribution in [0.1, 0.15) is 43.8 Å². The standard InChI is InChI=1S/C24H29FN6O5/c1-5-15-17(36-21(34)14-9-7-6-8-10-14)24(25,11-32)22(35-15)31-12-27-16-18(26-4)28-23(29-19(16)31)30-20(33)13(2)3/h6-10,12-13,15,17,22,32H,5,11H2,1-4H3,(H2,26,28,29,30,33)/t15-,17?,22-,24-/m1/s1. The number of fused-ring (bicyclic) bond motifs is 1. The number of aromatic nitrogens is 4. The molecule has 1 aliphatic rings. The molecule has 3 N–H and O–H groups in total. The molecule has 36 heavy (non-hydrogen) atoms. The number of benzene rings is 1. The number of aliphatic hydroxyl groups excluding tert-OH is 1. The largest absolute Gasteiger partial charge is 0.452 e. The number of ether oxygens (including phenoxy) is 2. The van der Waals surface area contributed by atoms with Crippen molar-refractivity contribution < 1.29 is 28.6 Å². The zero-order valence-corrected chi connectivity index (χ0v) is 20.4. The van der Waals surface area contributed by atoms with E-state index in [4.69, 9.17) is 9.47 Å². The molecular formula is C24H29FN6O5. The SMILES string of the molecule is CC[C@H]1O[C@@H](n2cnc3c(NC)nc(NC(=O)C(C)C)nc32)[C@@](F)(CO)C1OC(=O)c1ccccc1. The predicted molar refractivity (Wildman–Crippen MR) is 129 cm³/mol. The van der Waals surface area contributed by atoms with E-state index in [-0.39, 0.29) is 29.0 Å². The summed E-state index contributed by atoms with van der Waals surface area (Å²) in [4.78, 5) is 37.9. The molecule has 3 heterocycles. The molecule has 1 fully saturated rings. The Labute approximate surface area is 207 Å². The van der Waals surface area contributed by atoms with Gasteiger partial charge in [0, 0.05) is 13.0 Å². The first-order valence-electron chi connectivity index (χ1n) is 11.7. The molecule has 0 saturated carbocycles. The number of rotatable bonds is 8. The van der Waals surface area contributed by atoms with Crippen molar-refractivity contribution in [3.8, 4) is 0 Å². The van der Waals surface area contributed by atoms with Crippen molar-refractivity contribution in [3.05, 3.63) is 42.2 Å². The highest BCUT2D eigenvalue weighted by atomic mass is 19.1. The van der Waals surface area contributed by atoms with Gasteiger partial charge in [0.1, 0.15) is 6.10 Å². The Morgan fingerprint density at radius 1 is 1.28 bits per heavy atom. The molecule has 1 aliphatic heterocycles. The fourth-order valence-electron chi connectivity index (χ4n) is 4.08. The number of hydrogen-bond donors (Lipinski definition) is 3. The molecule has 4 atom stereocenters. The van der Waals surface area contributed by atoms with E-state index in [1.54, 1.807) is 58.2 Å². The van der Waals surface area contributed by atoms with Gasteiger partial charge in [0.15, 0.2) is 29.3 Å². The van der Waals surface area contributed by atoms with Gasteiger partial charge in [-0.15, -0.1) is 0 Å². The van der Waals surface area contributed by atoms with Gasteiger partial charge >= 0.3 is 5.97 Å². The minimum absolute atomic E-state index is 0.00199. The van der Waals surface area contributed by atoms with Crippen LogP contribution in [-0.4, -0.2) is 68.0 Å². The lowest BCUT2D eigenvalue weighted by Gasteiger charge is -2.29. The lowest BCUT2D eigenvalue weighted by molar-refractivity contribution is -0.118. The van der Waals surface area contributed by atoms with Crippen molar-refractivity contribution in [2.75, 3.05) is 24.3 Å². The number of esters is 1. The summed E-state index contributed by atoms with van der Waals surface area (Å²) in [7, 11) is 1.63. The van der Waals surface area contributed by atoms with Crippen LogP contribution in [0, 0.1) is 5.92 Å². The Hall–Kier alpha value is -3.64. The maximum atomic E-state index is 16.5. The quantitative estimate of drug-likeness (QED) is 0.398. The monoisotopic (exact) mass is 500 g/mol. The van der Waals surface area contributed by atoms with E-state index in [1.807, 2.05) is 0 Å². The van der Waals surface area contributed by atoms with Crippen LogP contribution >= 0.6 is 0 Å². The Balaban J connectivity index is 1.74. The second-order valence-electron chi connectivity index (χ2n) is 8.83. The van der Waals surface area contributed by atoms with Gasteiger partial charge in [-0.25, -0.2) is 14.2 Å². The van der Waals surface area contributed by atoms with Crippen molar-refractivity contribution in [2.45, 2.75) is 51.3 Å². The Kier molecular flexibility index (Phi) is 7.18. The summed E-state index contributed by atoms with van der Waals surface area (Å²) in [6.45, 7) is 4.23.